The molecule has 0 aromatic heterocycles. The Labute approximate surface area is 118 Å². The molecule has 0 saturated carbocycles. The number of hydrogen-bond donors (Lipinski definition) is 1. The third-order valence-electron chi connectivity index (χ3n) is 4.22. The highest BCUT2D eigenvalue weighted by Crippen LogP contribution is 2.39. The Kier molecular flexibility index (Phi) is 3.90. The van der Waals surface area contributed by atoms with Crippen molar-refractivity contribution in [3.05, 3.63) is 28.2 Å². The van der Waals surface area contributed by atoms with E-state index >= 15 is 0 Å². The van der Waals surface area contributed by atoms with Crippen LogP contribution in [0.2, 0.25) is 0 Å². The van der Waals surface area contributed by atoms with E-state index in [1.807, 2.05) is 0 Å². The lowest BCUT2D eigenvalue weighted by molar-refractivity contribution is 0.459. The van der Waals surface area contributed by atoms with Crippen LogP contribution in [0.5, 0.6) is 0 Å². The van der Waals surface area contributed by atoms with Crippen LogP contribution in [0.25, 0.3) is 0 Å². The van der Waals surface area contributed by atoms with Crippen LogP contribution in [-0.2, 0) is 0 Å². The minimum atomic E-state index is 0.720. The van der Waals surface area contributed by atoms with E-state index in [9.17, 15) is 0 Å². The minimum absolute atomic E-state index is 0.720. The molecule has 2 aliphatic rings. The van der Waals surface area contributed by atoms with Crippen molar-refractivity contribution in [2.24, 2.45) is 0 Å². The smallest absolute Gasteiger partial charge is 0.0412 e. The standard InChI is InChI=1S/C15H21BrN2/c16-13-4-3-5-14(18-10-1-2-11-18)15(13)12-6-8-17-9-7-12/h3-5,12,17H,1-2,6-11H2. The summed E-state index contributed by atoms with van der Waals surface area (Å²) in [6.45, 7) is 4.78. The van der Waals surface area contributed by atoms with Crippen molar-refractivity contribution in [3.63, 3.8) is 0 Å². The molecule has 1 N–H and O–H groups in total. The SMILES string of the molecule is Brc1cccc(N2CCCC2)c1C1CCNCC1. The van der Waals surface area contributed by atoms with Crippen LogP contribution in [0.4, 0.5) is 5.69 Å². The van der Waals surface area contributed by atoms with Gasteiger partial charge in [0, 0.05) is 23.2 Å². The summed E-state index contributed by atoms with van der Waals surface area (Å²) in [5, 5.41) is 3.46. The van der Waals surface area contributed by atoms with Gasteiger partial charge in [-0.1, -0.05) is 22.0 Å². The first-order chi connectivity index (χ1) is 8.86. The predicted octanol–water partition coefficient (Wildman–Crippen LogP) is 3.52. The summed E-state index contributed by atoms with van der Waals surface area (Å²) in [6, 6.07) is 6.70. The topological polar surface area (TPSA) is 15.3 Å². The van der Waals surface area contributed by atoms with Crippen molar-refractivity contribution in [1.29, 1.82) is 0 Å². The third kappa shape index (κ3) is 2.43. The van der Waals surface area contributed by atoms with Crippen molar-refractivity contribution < 1.29 is 0 Å². The Hall–Kier alpha value is -0.540. The van der Waals surface area contributed by atoms with Gasteiger partial charge in [0.25, 0.3) is 0 Å². The van der Waals surface area contributed by atoms with Gasteiger partial charge in [0.05, 0.1) is 0 Å². The molecule has 0 amide bonds. The van der Waals surface area contributed by atoms with E-state index in [4.69, 9.17) is 0 Å². The molecule has 0 unspecified atom stereocenters. The molecule has 2 aliphatic heterocycles. The molecule has 98 valence electrons. The maximum atomic E-state index is 3.78. The highest BCUT2D eigenvalue weighted by molar-refractivity contribution is 9.10. The highest BCUT2D eigenvalue weighted by Gasteiger charge is 2.24. The fourth-order valence-electron chi connectivity index (χ4n) is 3.27. The fraction of sp³-hybridized carbons (Fsp3) is 0.600. The van der Waals surface area contributed by atoms with Crippen LogP contribution in [0.15, 0.2) is 22.7 Å². The predicted molar refractivity (Wildman–Crippen MR) is 80.4 cm³/mol. The first-order valence-corrected chi connectivity index (χ1v) is 7.89. The van der Waals surface area contributed by atoms with E-state index in [1.165, 1.54) is 48.9 Å². The van der Waals surface area contributed by atoms with Crippen LogP contribution in [0.1, 0.15) is 37.2 Å². The lowest BCUT2D eigenvalue weighted by atomic mass is 9.89. The second kappa shape index (κ2) is 5.62. The molecular weight excluding hydrogens is 288 g/mol. The summed E-state index contributed by atoms with van der Waals surface area (Å²) in [4.78, 5) is 2.57. The molecule has 2 fully saturated rings. The number of anilines is 1. The Morgan fingerprint density at radius 2 is 1.83 bits per heavy atom. The zero-order valence-electron chi connectivity index (χ0n) is 10.8. The lowest BCUT2D eigenvalue weighted by Gasteiger charge is -2.29. The van der Waals surface area contributed by atoms with Gasteiger partial charge in [-0.15, -0.1) is 0 Å². The molecule has 1 aromatic rings. The minimum Gasteiger partial charge on any atom is -0.371 e. The van der Waals surface area contributed by atoms with Crippen LogP contribution >= 0.6 is 15.9 Å². The number of hydrogen-bond acceptors (Lipinski definition) is 2. The van der Waals surface area contributed by atoms with Gasteiger partial charge in [0.2, 0.25) is 0 Å². The molecule has 0 atom stereocenters. The van der Waals surface area contributed by atoms with Gasteiger partial charge in [0.1, 0.15) is 0 Å². The van der Waals surface area contributed by atoms with Crippen molar-refractivity contribution in [3.8, 4) is 0 Å². The monoisotopic (exact) mass is 308 g/mol. The van der Waals surface area contributed by atoms with Gasteiger partial charge >= 0.3 is 0 Å². The average molecular weight is 309 g/mol. The van der Waals surface area contributed by atoms with Gasteiger partial charge in [-0.3, -0.25) is 0 Å². The van der Waals surface area contributed by atoms with E-state index in [0.717, 1.165) is 19.0 Å². The lowest BCUT2D eigenvalue weighted by Crippen LogP contribution is -2.28. The maximum absolute atomic E-state index is 3.78. The number of benzene rings is 1. The number of nitrogens with one attached hydrogen (secondary N) is 1. The van der Waals surface area contributed by atoms with Crippen LogP contribution in [0, 0.1) is 0 Å². The second-order valence-electron chi connectivity index (χ2n) is 5.39. The molecule has 2 heterocycles. The van der Waals surface area contributed by atoms with Crippen molar-refractivity contribution in [1.82, 2.24) is 5.32 Å². The summed E-state index contributed by atoms with van der Waals surface area (Å²) >= 11 is 3.78. The Bertz CT molecular complexity index is 407. The average Bonchev–Trinajstić information content (AvgIpc) is 2.93. The molecule has 0 aliphatic carbocycles. The summed E-state index contributed by atoms with van der Waals surface area (Å²) in [6.07, 6.45) is 5.23. The van der Waals surface area contributed by atoms with Gasteiger partial charge in [0.15, 0.2) is 0 Å². The molecule has 0 radical (unpaired) electrons. The van der Waals surface area contributed by atoms with Crippen LogP contribution in [-0.4, -0.2) is 26.2 Å². The number of piperidine rings is 1. The number of nitrogens with zero attached hydrogens (tertiary/aromatic N) is 1. The number of halogens is 1. The van der Waals surface area contributed by atoms with Gasteiger partial charge in [-0.2, -0.15) is 0 Å². The molecule has 18 heavy (non-hydrogen) atoms. The Balaban J connectivity index is 1.94. The van der Waals surface area contributed by atoms with Crippen LogP contribution < -0.4 is 10.2 Å². The molecule has 0 bridgehead atoms. The van der Waals surface area contributed by atoms with Gasteiger partial charge in [-0.25, -0.2) is 0 Å². The molecule has 2 saturated heterocycles. The summed E-state index contributed by atoms with van der Waals surface area (Å²) in [7, 11) is 0. The fourth-order valence-corrected chi connectivity index (χ4v) is 3.95. The molecule has 2 nitrogen and oxygen atoms in total. The molecule has 0 spiro atoms. The first kappa shape index (κ1) is 12.5. The highest BCUT2D eigenvalue weighted by atomic mass is 79.9. The van der Waals surface area contributed by atoms with E-state index in [2.05, 4.69) is 44.3 Å². The zero-order chi connectivity index (χ0) is 12.4. The quantitative estimate of drug-likeness (QED) is 0.899. The van der Waals surface area contributed by atoms with E-state index in [0.29, 0.717) is 0 Å². The third-order valence-corrected chi connectivity index (χ3v) is 4.92. The maximum Gasteiger partial charge on any atom is 0.0412 e. The Morgan fingerprint density at radius 3 is 2.56 bits per heavy atom. The van der Waals surface area contributed by atoms with E-state index in [1.54, 1.807) is 5.56 Å². The first-order valence-electron chi connectivity index (χ1n) is 7.10. The largest absolute Gasteiger partial charge is 0.371 e. The zero-order valence-corrected chi connectivity index (χ0v) is 12.4. The van der Waals surface area contributed by atoms with Crippen molar-refractivity contribution in [2.75, 3.05) is 31.1 Å². The van der Waals surface area contributed by atoms with Crippen molar-refractivity contribution >= 4 is 21.6 Å². The van der Waals surface area contributed by atoms with Crippen LogP contribution in [0.3, 0.4) is 0 Å². The van der Waals surface area contributed by atoms with Gasteiger partial charge in [-0.05, 0) is 62.4 Å². The molecule has 1 aromatic carbocycles. The summed E-state index contributed by atoms with van der Waals surface area (Å²) in [5.74, 6) is 0.720. The number of rotatable bonds is 2. The van der Waals surface area contributed by atoms with E-state index < -0.39 is 0 Å². The summed E-state index contributed by atoms with van der Waals surface area (Å²) < 4.78 is 1.30. The van der Waals surface area contributed by atoms with Crippen molar-refractivity contribution in [2.45, 2.75) is 31.6 Å². The Morgan fingerprint density at radius 1 is 1.11 bits per heavy atom. The molecule has 3 heteroatoms. The molecular formula is C15H21BrN2. The van der Waals surface area contributed by atoms with Gasteiger partial charge < -0.3 is 10.2 Å². The summed E-state index contributed by atoms with van der Waals surface area (Å²) in [5.41, 5.74) is 3.04. The molecule has 3 rings (SSSR count). The second-order valence-corrected chi connectivity index (χ2v) is 6.25. The van der Waals surface area contributed by atoms with E-state index in [-0.39, 0.29) is 0 Å². The normalized spacial score (nSPS) is 21.5.